The zero-order chi connectivity index (χ0) is 81.8. The molecule has 628 valence electrons. The van der Waals surface area contributed by atoms with E-state index >= 15 is 0 Å². The highest BCUT2D eigenvalue weighted by molar-refractivity contribution is 9.09. The van der Waals surface area contributed by atoms with Crippen LogP contribution in [0.5, 0.6) is 0 Å². The second-order valence-corrected chi connectivity index (χ2v) is 31.3. The highest BCUT2D eigenvalue weighted by atomic mass is 79.9. The molecule has 4 aromatic carbocycles. The Kier molecular flexibility index (Phi) is 41.7. The summed E-state index contributed by atoms with van der Waals surface area (Å²) in [5, 5.41) is 50.2. The molecule has 12 rings (SSSR count). The predicted molar refractivity (Wildman–Crippen MR) is 454 cm³/mol. The van der Waals surface area contributed by atoms with Crippen LogP contribution in [0.15, 0.2) is 171 Å². The highest BCUT2D eigenvalue weighted by Crippen LogP contribution is 2.47. The summed E-state index contributed by atoms with van der Waals surface area (Å²) in [6, 6.07) is 45.2. The van der Waals surface area contributed by atoms with E-state index < -0.39 is 28.0 Å². The number of nitriles is 4. The molecule has 4 aromatic heterocycles. The number of piperidine rings is 4. The molecule has 0 aliphatic carbocycles. The molecule has 2 N–H and O–H groups in total. The number of carboxylic acid groups (broad SMARTS) is 1. The number of amides is 3. The van der Waals surface area contributed by atoms with Gasteiger partial charge >= 0.3 is 18.2 Å². The van der Waals surface area contributed by atoms with Gasteiger partial charge in [-0.05, 0) is 238 Å². The van der Waals surface area contributed by atoms with Gasteiger partial charge in [-0.2, -0.15) is 21.0 Å². The van der Waals surface area contributed by atoms with Crippen molar-refractivity contribution in [1.29, 1.82) is 21.0 Å². The summed E-state index contributed by atoms with van der Waals surface area (Å²) in [5.41, 5.74) is 4.20. The first-order valence-corrected chi connectivity index (χ1v) is 38.1. The van der Waals surface area contributed by atoms with E-state index in [0.717, 1.165) is 61.0 Å². The molecule has 21 nitrogen and oxygen atoms in total. The van der Waals surface area contributed by atoms with Crippen molar-refractivity contribution in [2.45, 2.75) is 192 Å². The molecule has 4 unspecified atom stereocenters. The lowest BCUT2D eigenvalue weighted by Gasteiger charge is -2.41. The van der Waals surface area contributed by atoms with Crippen molar-refractivity contribution < 1.29 is 51.3 Å². The van der Waals surface area contributed by atoms with Gasteiger partial charge in [0.05, 0.1) is 63.0 Å². The number of likely N-dealkylation sites (tertiary alicyclic amines) is 3. The lowest BCUT2D eigenvalue weighted by atomic mass is 9.68. The Labute approximate surface area is 699 Å². The van der Waals surface area contributed by atoms with Gasteiger partial charge in [0.2, 0.25) is 0 Å². The van der Waals surface area contributed by atoms with Crippen molar-refractivity contribution in [3.8, 4) is 47.1 Å². The van der Waals surface area contributed by atoms with Crippen LogP contribution in [0.25, 0.3) is 22.8 Å². The normalized spacial score (nSPS) is 15.9. The van der Waals surface area contributed by atoms with Crippen molar-refractivity contribution >= 4 is 40.0 Å². The number of nitrogens with one attached hydrogen (secondary N) is 1. The van der Waals surface area contributed by atoms with E-state index in [4.69, 9.17) is 19.8 Å². The Bertz CT molecular complexity index is 4520. The number of carboxylic acids is 1. The van der Waals surface area contributed by atoms with Crippen molar-refractivity contribution in [3.05, 3.63) is 228 Å². The Hall–Kier alpha value is -11.1. The molecule has 4 aliphatic heterocycles. The van der Waals surface area contributed by atoms with Gasteiger partial charge in [0.1, 0.15) is 58.5 Å². The maximum Gasteiger partial charge on any atom is 0.410 e. The van der Waals surface area contributed by atoms with Crippen LogP contribution < -0.4 is 5.32 Å². The van der Waals surface area contributed by atoms with Gasteiger partial charge in [0.25, 0.3) is 5.91 Å². The largest absolute Gasteiger partial charge is 0.478 e. The summed E-state index contributed by atoms with van der Waals surface area (Å²) >= 11 is 3.38. The number of pyridine rings is 2. The fourth-order valence-electron chi connectivity index (χ4n) is 13.4. The van der Waals surface area contributed by atoms with Crippen molar-refractivity contribution in [3.63, 3.8) is 0 Å². The van der Waals surface area contributed by atoms with Crippen LogP contribution in [0.2, 0.25) is 0 Å². The Morgan fingerprint density at radius 1 is 0.470 bits per heavy atom. The van der Waals surface area contributed by atoms with Gasteiger partial charge in [0.15, 0.2) is 0 Å². The molecule has 3 amide bonds. The van der Waals surface area contributed by atoms with Crippen LogP contribution in [0.4, 0.5) is 27.2 Å². The molecule has 8 heterocycles. The van der Waals surface area contributed by atoms with E-state index in [2.05, 4.69) is 82.4 Å². The Balaban J connectivity index is 0.000000488. The lowest BCUT2D eigenvalue weighted by Crippen LogP contribution is -2.46. The summed E-state index contributed by atoms with van der Waals surface area (Å²) < 4.78 is 62.3. The molecular weight excluding hydrogens is 1560 g/mol. The van der Waals surface area contributed by atoms with Crippen LogP contribution >= 0.6 is 15.9 Å². The molecule has 0 bridgehead atoms. The number of alkyl halides is 1. The third-order valence-electron chi connectivity index (χ3n) is 20.4. The first kappa shape index (κ1) is 102. The smallest absolute Gasteiger partial charge is 0.410 e. The van der Waals surface area contributed by atoms with Gasteiger partial charge in [-0.1, -0.05) is 122 Å². The zero-order valence-corrected chi connectivity index (χ0v) is 66.6. The van der Waals surface area contributed by atoms with Gasteiger partial charge in [-0.25, -0.2) is 51.9 Å². The SMILES string of the molecule is C.C.C.C.C.CC(Br)c1ccc(F)cc1.CC(C)(C)OC(=O)N1CCC(C#N)CC1.CC(c1ccc(F)cc1)C1(C#N)CCN(C(=O)OC(C)(C)C)CC1.CC(c1ccc(F)cc1)C1(C#N)CCN(C(=O)c2cccnc2-c2ccncn2)CC1.CC(c1ccc(F)cc1)C1(C#N)CCNCC1.O=C(O)c1cccnc1-c1ccncn1. The average Bonchev–Trinajstić information content (AvgIpc) is 0.791. The monoisotopic (exact) mass is 1670 g/mol. The molecular formula is C91H117BrF4N14O7. The first-order valence-electron chi connectivity index (χ1n) is 37.2. The number of benzene rings is 4. The summed E-state index contributed by atoms with van der Waals surface area (Å²) in [7, 11) is 0. The second-order valence-electron chi connectivity index (χ2n) is 30.0. The number of ether oxygens (including phenoxy) is 2. The van der Waals surface area contributed by atoms with Crippen LogP contribution in [0.1, 0.15) is 223 Å². The molecule has 0 saturated carbocycles. The predicted octanol–water partition coefficient (Wildman–Crippen LogP) is 21.4. The number of halogens is 5. The lowest BCUT2D eigenvalue weighted by molar-refractivity contribution is 0.0130. The number of nitrogens with zero attached hydrogens (tertiary/aromatic N) is 13. The van der Waals surface area contributed by atoms with Gasteiger partial charge in [0, 0.05) is 74.8 Å². The number of rotatable bonds is 11. The van der Waals surface area contributed by atoms with Gasteiger partial charge < -0.3 is 34.6 Å². The molecule has 4 aliphatic rings. The maximum absolute atomic E-state index is 13.3. The highest BCUT2D eigenvalue weighted by Gasteiger charge is 2.44. The molecule has 0 spiro atoms. The van der Waals surface area contributed by atoms with Crippen LogP contribution in [-0.4, -0.2) is 137 Å². The number of hydrogen-bond acceptors (Lipinski definition) is 17. The second kappa shape index (κ2) is 47.8. The first-order chi connectivity index (χ1) is 53.3. The van der Waals surface area contributed by atoms with E-state index in [0.29, 0.717) is 98.1 Å². The standard InChI is InChI=1S/C24H22FN5O.C19H25FN2O2.C14H17FN2.C11H18N2O2.C10H7N3O2.C8H8BrF.5CH4/c1-17(18-4-6-19(25)7-5-18)24(15-26)9-13-30(14-10-24)23(31)20-3-2-11-28-22(20)21-8-12-27-16-29-21;1-14(15-5-7-16(20)8-6-15)19(13-21)9-11-22(12-10-19)17(23)24-18(2,3)4;1-11(12-2-4-13(15)5-3-12)14(10-16)6-8-17-9-7-14;1-11(2,3)15-10(14)13-6-4-9(8-12)5-7-13;14-10(15)7-2-1-4-12-9(7)8-3-5-11-6-13-8;1-6(9)7-2-4-8(10)5-3-7;;;;;/h2-8,11-12,16-17H,9-10,13-14H2,1H3;5-8,14H,9-12H2,1-4H3;2-5,11,17H,6-9H2,1H3;9H,4-7H2,1-3H3;1-6H,(H,14,15);2-6H,1H3;5*1H4. The molecule has 4 fully saturated rings. The van der Waals surface area contributed by atoms with Crippen LogP contribution in [0.3, 0.4) is 0 Å². The van der Waals surface area contributed by atoms with Crippen molar-refractivity contribution in [1.82, 2.24) is 49.9 Å². The Morgan fingerprint density at radius 2 is 0.795 bits per heavy atom. The molecule has 8 aromatic rings. The van der Waals surface area contributed by atoms with E-state index in [9.17, 15) is 52.5 Å². The van der Waals surface area contributed by atoms with E-state index in [1.165, 1.54) is 73.4 Å². The summed E-state index contributed by atoms with van der Waals surface area (Å²) in [6.45, 7) is 24.1. The number of carbonyl (C=O) groups excluding carboxylic acids is 3. The summed E-state index contributed by atoms with van der Waals surface area (Å²) in [6.07, 6.45) is 14.0. The molecule has 4 atom stereocenters. The number of aromatic carboxylic acids is 1. The number of carbonyl (C=O) groups is 4. The van der Waals surface area contributed by atoms with Gasteiger partial charge in [-0.3, -0.25) is 14.8 Å². The Morgan fingerprint density at radius 3 is 1.11 bits per heavy atom. The summed E-state index contributed by atoms with van der Waals surface area (Å²) in [4.78, 5) is 77.6. The summed E-state index contributed by atoms with van der Waals surface area (Å²) in [5.74, 6) is -1.96. The van der Waals surface area contributed by atoms with Crippen LogP contribution in [-0.2, 0) is 9.47 Å². The number of hydrogen-bond donors (Lipinski definition) is 2. The third kappa shape index (κ3) is 29.6. The van der Waals surface area contributed by atoms with Crippen molar-refractivity contribution in [2.24, 2.45) is 22.2 Å². The van der Waals surface area contributed by atoms with E-state index in [-0.39, 0.29) is 113 Å². The zero-order valence-electron chi connectivity index (χ0n) is 65.0. The van der Waals surface area contributed by atoms with Crippen LogP contribution in [0, 0.1) is 90.8 Å². The fourth-order valence-corrected chi connectivity index (χ4v) is 13.7. The average molecular weight is 1670 g/mol. The quantitative estimate of drug-likeness (QED) is 0.0898. The number of aromatic nitrogens is 6. The van der Waals surface area contributed by atoms with Crippen molar-refractivity contribution in [2.75, 3.05) is 52.4 Å². The molecule has 0 radical (unpaired) electrons. The molecule has 26 heteroatoms. The minimum absolute atomic E-state index is 0. The third-order valence-corrected chi connectivity index (χ3v) is 20.9. The fraction of sp³-hybridized carbons (Fsp3) is 0.451. The minimum atomic E-state index is -1.02. The molecule has 117 heavy (non-hydrogen) atoms. The topological polar surface area (TPSA) is 301 Å². The van der Waals surface area contributed by atoms with Gasteiger partial charge in [-0.15, -0.1) is 0 Å². The molecule has 4 saturated heterocycles. The minimum Gasteiger partial charge on any atom is -0.478 e. The van der Waals surface area contributed by atoms with E-state index in [1.807, 2.05) is 62.3 Å². The van der Waals surface area contributed by atoms with E-state index in [1.54, 1.807) is 112 Å². The maximum atomic E-state index is 13.3.